The van der Waals surface area contributed by atoms with E-state index in [1.165, 1.54) is 6.20 Å². The van der Waals surface area contributed by atoms with E-state index < -0.39 is 45.0 Å². The summed E-state index contributed by atoms with van der Waals surface area (Å²) in [5.74, 6) is -2.75. The highest BCUT2D eigenvalue weighted by Gasteiger charge is 2.33. The van der Waals surface area contributed by atoms with Crippen LogP contribution < -0.4 is 9.62 Å². The van der Waals surface area contributed by atoms with Crippen molar-refractivity contribution < 1.29 is 35.9 Å². The molecule has 46 heavy (non-hydrogen) atoms. The van der Waals surface area contributed by atoms with Crippen molar-refractivity contribution in [3.63, 3.8) is 0 Å². The number of rotatable bonds is 10. The van der Waals surface area contributed by atoms with Gasteiger partial charge in [-0.05, 0) is 37.5 Å². The van der Waals surface area contributed by atoms with Crippen molar-refractivity contribution in [1.82, 2.24) is 24.2 Å². The van der Waals surface area contributed by atoms with Crippen LogP contribution in [0.1, 0.15) is 35.2 Å². The molecule has 0 amide bonds. The van der Waals surface area contributed by atoms with E-state index in [0.717, 1.165) is 42.4 Å². The van der Waals surface area contributed by atoms with E-state index >= 15 is 4.39 Å². The zero-order chi connectivity index (χ0) is 32.6. The maximum Gasteiger partial charge on any atom is 0.301 e. The summed E-state index contributed by atoms with van der Waals surface area (Å²) in [5, 5.41) is 0.287. The Morgan fingerprint density at radius 1 is 1.02 bits per heavy atom. The van der Waals surface area contributed by atoms with Crippen LogP contribution in [0, 0.1) is 17.6 Å². The summed E-state index contributed by atoms with van der Waals surface area (Å²) in [5.41, 5.74) is -0.191. The van der Waals surface area contributed by atoms with Gasteiger partial charge in [-0.1, -0.05) is 0 Å². The number of anilines is 2. The highest BCUT2D eigenvalue weighted by molar-refractivity contribution is 7.90. The molecular formula is C30H32F3N7O5S. The van der Waals surface area contributed by atoms with E-state index in [0.29, 0.717) is 22.7 Å². The van der Waals surface area contributed by atoms with Gasteiger partial charge in [0, 0.05) is 93.2 Å². The molecule has 0 saturated carbocycles. The van der Waals surface area contributed by atoms with Crippen LogP contribution in [-0.4, -0.2) is 91.3 Å². The first-order valence-corrected chi connectivity index (χ1v) is 16.1. The number of methoxy groups -OCH3 is 2. The minimum Gasteiger partial charge on any atom is -0.356 e. The van der Waals surface area contributed by atoms with Gasteiger partial charge in [-0.2, -0.15) is 12.7 Å². The number of piperidine rings is 1. The number of H-pyrrole nitrogens is 1. The number of hydrogen-bond acceptors (Lipinski definition) is 9. The minimum absolute atomic E-state index is 0.00715. The Kier molecular flexibility index (Phi) is 8.96. The molecule has 1 unspecified atom stereocenters. The molecule has 12 nitrogen and oxygen atoms in total. The lowest BCUT2D eigenvalue weighted by molar-refractivity contribution is -0.141. The van der Waals surface area contributed by atoms with Gasteiger partial charge in [-0.15, -0.1) is 0 Å². The second-order valence-corrected chi connectivity index (χ2v) is 12.9. The molecule has 6 rings (SSSR count). The Hall–Kier alpha value is -4.12. The molecule has 2 aliphatic rings. The first kappa shape index (κ1) is 31.8. The molecule has 2 fully saturated rings. The van der Waals surface area contributed by atoms with Crippen LogP contribution in [-0.2, 0) is 19.7 Å². The zero-order valence-corrected chi connectivity index (χ0v) is 25.9. The second kappa shape index (κ2) is 12.9. The Morgan fingerprint density at radius 3 is 2.37 bits per heavy atom. The Bertz CT molecular complexity index is 1850. The van der Waals surface area contributed by atoms with E-state index in [2.05, 4.69) is 24.8 Å². The minimum atomic E-state index is -4.34. The molecule has 244 valence electrons. The van der Waals surface area contributed by atoms with E-state index in [1.54, 1.807) is 38.9 Å². The molecule has 0 radical (unpaired) electrons. The molecule has 16 heteroatoms. The molecule has 3 aromatic heterocycles. The van der Waals surface area contributed by atoms with Gasteiger partial charge in [0.2, 0.25) is 11.7 Å². The molecule has 0 aliphatic carbocycles. The topological polar surface area (TPSA) is 143 Å². The van der Waals surface area contributed by atoms with E-state index in [1.807, 2.05) is 4.72 Å². The van der Waals surface area contributed by atoms with Crippen molar-refractivity contribution in [2.24, 2.45) is 5.92 Å². The number of nitrogens with zero attached hydrogens (tertiary/aromatic N) is 5. The molecule has 2 aliphatic heterocycles. The standard InChI is InChI=1S/C30H32F3N7O5S/c1-44-29(45-2)17-5-8-39(9-6-17)30-36-13-19(14-37-30)18-11-21-22(15-35-28(21)34-12-18)27(41)25-23(32)3-4-24(26(25)33)38-46(42,43)40-10-7-20(31)16-40/h3-4,11-15,17,20,29,38H,5-10,16H2,1-2H3,(H,34,35). The fraction of sp³-hybridized carbons (Fsp3) is 0.400. The average Bonchev–Trinajstić information content (AvgIpc) is 3.70. The summed E-state index contributed by atoms with van der Waals surface area (Å²) in [6.07, 6.45) is 6.24. The van der Waals surface area contributed by atoms with Crippen molar-refractivity contribution >= 4 is 38.7 Å². The summed E-state index contributed by atoms with van der Waals surface area (Å²) >= 11 is 0. The van der Waals surface area contributed by atoms with Gasteiger partial charge in [-0.3, -0.25) is 9.52 Å². The van der Waals surface area contributed by atoms with Gasteiger partial charge >= 0.3 is 10.2 Å². The molecular weight excluding hydrogens is 627 g/mol. The largest absolute Gasteiger partial charge is 0.356 e. The van der Waals surface area contributed by atoms with E-state index in [4.69, 9.17) is 9.47 Å². The summed E-state index contributed by atoms with van der Waals surface area (Å²) < 4.78 is 83.1. The smallest absolute Gasteiger partial charge is 0.301 e. The summed E-state index contributed by atoms with van der Waals surface area (Å²) in [4.78, 5) is 31.9. The maximum atomic E-state index is 15.6. The van der Waals surface area contributed by atoms with Crippen LogP contribution in [0.5, 0.6) is 0 Å². The second-order valence-electron chi connectivity index (χ2n) is 11.2. The molecule has 4 aromatic rings. The van der Waals surface area contributed by atoms with E-state index in [-0.39, 0.29) is 42.7 Å². The van der Waals surface area contributed by atoms with Gasteiger partial charge in [0.15, 0.2) is 12.1 Å². The number of ether oxygens (including phenoxy) is 2. The molecule has 1 atom stereocenters. The number of carbonyl (C=O) groups excluding carboxylic acids is 1. The highest BCUT2D eigenvalue weighted by atomic mass is 32.2. The number of aromatic amines is 1. The lowest BCUT2D eigenvalue weighted by Crippen LogP contribution is -2.39. The molecule has 0 spiro atoms. The number of fused-ring (bicyclic) bond motifs is 1. The average molecular weight is 660 g/mol. The number of halogens is 3. The van der Waals surface area contributed by atoms with Crippen molar-refractivity contribution in [1.29, 1.82) is 0 Å². The monoisotopic (exact) mass is 659 g/mol. The molecule has 0 bridgehead atoms. The van der Waals surface area contributed by atoms with Crippen molar-refractivity contribution in [2.75, 3.05) is 50.0 Å². The molecule has 2 saturated heterocycles. The first-order valence-electron chi connectivity index (χ1n) is 14.6. The normalized spacial score (nSPS) is 18.1. The summed E-state index contributed by atoms with van der Waals surface area (Å²) in [6.45, 7) is 1.00. The third-order valence-electron chi connectivity index (χ3n) is 8.41. The number of alkyl halides is 1. The van der Waals surface area contributed by atoms with Crippen LogP contribution in [0.2, 0.25) is 0 Å². The SMILES string of the molecule is COC(OC)C1CCN(c2ncc(-c3cnc4[nH]cc(C(=O)c5c(F)ccc(NS(=O)(=O)N6CCC(F)C6)c5F)c4c3)cn2)CC1. The first-order chi connectivity index (χ1) is 22.1. The van der Waals surface area contributed by atoms with Crippen LogP contribution >= 0.6 is 0 Å². The van der Waals surface area contributed by atoms with Crippen LogP contribution in [0.3, 0.4) is 0 Å². The number of ketones is 1. The van der Waals surface area contributed by atoms with Gasteiger partial charge in [0.05, 0.1) is 11.3 Å². The predicted molar refractivity (Wildman–Crippen MR) is 163 cm³/mol. The Morgan fingerprint density at radius 2 is 1.72 bits per heavy atom. The summed E-state index contributed by atoms with van der Waals surface area (Å²) in [6, 6.07) is 3.30. The molecule has 1 aromatic carbocycles. The number of pyridine rings is 1. The molecule has 5 heterocycles. The van der Waals surface area contributed by atoms with Crippen molar-refractivity contribution in [3.05, 3.63) is 65.7 Å². The Labute approximate surface area is 263 Å². The number of hydrogen-bond donors (Lipinski definition) is 2. The predicted octanol–water partition coefficient (Wildman–Crippen LogP) is 4.06. The van der Waals surface area contributed by atoms with Crippen LogP contribution in [0.15, 0.2) is 43.0 Å². The number of nitrogens with one attached hydrogen (secondary N) is 2. The third-order valence-corrected chi connectivity index (χ3v) is 9.90. The van der Waals surface area contributed by atoms with Crippen molar-refractivity contribution in [3.8, 4) is 11.1 Å². The number of aromatic nitrogens is 4. The quantitative estimate of drug-likeness (QED) is 0.190. The van der Waals surface area contributed by atoms with Crippen molar-refractivity contribution in [2.45, 2.75) is 31.7 Å². The van der Waals surface area contributed by atoms with Gasteiger partial charge < -0.3 is 19.4 Å². The number of carbonyl (C=O) groups is 1. The van der Waals surface area contributed by atoms with Gasteiger partial charge in [0.1, 0.15) is 17.6 Å². The van der Waals surface area contributed by atoms with Crippen LogP contribution in [0.4, 0.5) is 24.8 Å². The highest BCUT2D eigenvalue weighted by Crippen LogP contribution is 2.31. The number of benzene rings is 1. The molecule has 2 N–H and O–H groups in total. The lowest BCUT2D eigenvalue weighted by Gasteiger charge is -2.34. The zero-order valence-electron chi connectivity index (χ0n) is 25.0. The fourth-order valence-electron chi connectivity index (χ4n) is 5.92. The van der Waals surface area contributed by atoms with Crippen LogP contribution in [0.25, 0.3) is 22.2 Å². The Balaban J connectivity index is 1.23. The maximum absolute atomic E-state index is 15.6. The summed E-state index contributed by atoms with van der Waals surface area (Å²) in [7, 11) is -1.08. The van der Waals surface area contributed by atoms with Gasteiger partial charge in [-0.25, -0.2) is 28.1 Å². The van der Waals surface area contributed by atoms with E-state index in [9.17, 15) is 22.0 Å². The van der Waals surface area contributed by atoms with Gasteiger partial charge in [0.25, 0.3) is 0 Å². The third kappa shape index (κ3) is 6.17. The fourth-order valence-corrected chi connectivity index (χ4v) is 7.19. The lowest BCUT2D eigenvalue weighted by atomic mass is 9.96.